The predicted molar refractivity (Wildman–Crippen MR) is 78.2 cm³/mol. The van der Waals surface area contributed by atoms with E-state index in [1.54, 1.807) is 14.2 Å². The minimum Gasteiger partial charge on any atom is -0.493 e. The van der Waals surface area contributed by atoms with E-state index in [1.807, 2.05) is 23.1 Å². The molecular formula is C16H23NO3. The number of ether oxygens (including phenoxy) is 2. The maximum Gasteiger partial charge on any atom is 0.227 e. The van der Waals surface area contributed by atoms with Crippen LogP contribution in [-0.4, -0.2) is 38.1 Å². The zero-order chi connectivity index (χ0) is 14.5. The summed E-state index contributed by atoms with van der Waals surface area (Å²) in [5, 5.41) is 0. The summed E-state index contributed by atoms with van der Waals surface area (Å²) in [5.41, 5.74) is 0.964. The molecule has 1 saturated heterocycles. The summed E-state index contributed by atoms with van der Waals surface area (Å²) in [4.78, 5) is 14.3. The molecule has 1 aliphatic rings. The summed E-state index contributed by atoms with van der Waals surface area (Å²) in [6.45, 7) is 3.97. The molecular weight excluding hydrogens is 254 g/mol. The van der Waals surface area contributed by atoms with Crippen molar-refractivity contribution in [3.8, 4) is 11.5 Å². The Bertz CT molecular complexity index is 473. The van der Waals surface area contributed by atoms with Gasteiger partial charge in [-0.25, -0.2) is 0 Å². The van der Waals surface area contributed by atoms with Crippen molar-refractivity contribution in [2.75, 3.05) is 27.3 Å². The number of likely N-dealkylation sites (tertiary alicyclic amines) is 1. The van der Waals surface area contributed by atoms with E-state index < -0.39 is 0 Å². The van der Waals surface area contributed by atoms with Crippen LogP contribution in [0, 0.1) is 5.92 Å². The van der Waals surface area contributed by atoms with Crippen molar-refractivity contribution >= 4 is 5.91 Å². The molecule has 4 heteroatoms. The minimum atomic E-state index is 0.198. The standard InChI is InChI=1S/C16H23NO3/c1-12-5-4-8-17(11-12)16(18)10-13-6-7-14(19-2)15(9-13)20-3/h6-7,9,12H,4-5,8,10-11H2,1-3H3. The van der Waals surface area contributed by atoms with Gasteiger partial charge in [0, 0.05) is 13.1 Å². The van der Waals surface area contributed by atoms with Crippen molar-refractivity contribution < 1.29 is 14.3 Å². The first-order chi connectivity index (χ1) is 9.63. The summed E-state index contributed by atoms with van der Waals surface area (Å²) in [6, 6.07) is 5.65. The number of piperidine rings is 1. The Kier molecular flexibility index (Phi) is 4.88. The normalized spacial score (nSPS) is 18.8. The number of hydrogen-bond donors (Lipinski definition) is 0. The molecule has 0 aliphatic carbocycles. The highest BCUT2D eigenvalue weighted by molar-refractivity contribution is 5.79. The van der Waals surface area contributed by atoms with E-state index in [1.165, 1.54) is 6.42 Å². The van der Waals surface area contributed by atoms with Gasteiger partial charge < -0.3 is 14.4 Å². The first-order valence-electron chi connectivity index (χ1n) is 7.12. The maximum atomic E-state index is 12.3. The third-order valence-electron chi connectivity index (χ3n) is 3.81. The van der Waals surface area contributed by atoms with Gasteiger partial charge in [-0.05, 0) is 36.5 Å². The number of carbonyl (C=O) groups is 1. The van der Waals surface area contributed by atoms with E-state index in [9.17, 15) is 4.79 Å². The number of benzene rings is 1. The van der Waals surface area contributed by atoms with Crippen molar-refractivity contribution in [3.63, 3.8) is 0 Å². The summed E-state index contributed by atoms with van der Waals surface area (Å²) in [7, 11) is 3.22. The molecule has 1 heterocycles. The van der Waals surface area contributed by atoms with Gasteiger partial charge in [-0.3, -0.25) is 4.79 Å². The minimum absolute atomic E-state index is 0.198. The molecule has 1 atom stereocenters. The Morgan fingerprint density at radius 1 is 1.30 bits per heavy atom. The van der Waals surface area contributed by atoms with Gasteiger partial charge in [0.05, 0.1) is 20.6 Å². The maximum absolute atomic E-state index is 12.3. The lowest BCUT2D eigenvalue weighted by Crippen LogP contribution is -2.39. The number of rotatable bonds is 4. The highest BCUT2D eigenvalue weighted by atomic mass is 16.5. The van der Waals surface area contributed by atoms with E-state index in [-0.39, 0.29) is 5.91 Å². The van der Waals surface area contributed by atoms with E-state index in [0.717, 1.165) is 25.1 Å². The monoisotopic (exact) mass is 277 g/mol. The molecule has 1 fully saturated rings. The Labute approximate surface area is 120 Å². The van der Waals surface area contributed by atoms with Gasteiger partial charge >= 0.3 is 0 Å². The molecule has 2 rings (SSSR count). The molecule has 1 aromatic carbocycles. The lowest BCUT2D eigenvalue weighted by atomic mass is 9.99. The molecule has 4 nitrogen and oxygen atoms in total. The Morgan fingerprint density at radius 2 is 2.05 bits per heavy atom. The lowest BCUT2D eigenvalue weighted by molar-refractivity contribution is -0.132. The highest BCUT2D eigenvalue weighted by Gasteiger charge is 2.21. The third kappa shape index (κ3) is 3.44. The number of hydrogen-bond acceptors (Lipinski definition) is 3. The molecule has 0 N–H and O–H groups in total. The average molecular weight is 277 g/mol. The Morgan fingerprint density at radius 3 is 2.70 bits per heavy atom. The fraction of sp³-hybridized carbons (Fsp3) is 0.562. The van der Waals surface area contributed by atoms with Crippen LogP contribution in [0.3, 0.4) is 0 Å². The van der Waals surface area contributed by atoms with Gasteiger partial charge in [0.15, 0.2) is 11.5 Å². The van der Waals surface area contributed by atoms with Crippen LogP contribution in [0.5, 0.6) is 11.5 Å². The van der Waals surface area contributed by atoms with E-state index in [2.05, 4.69) is 6.92 Å². The predicted octanol–water partition coefficient (Wildman–Crippen LogP) is 2.50. The Balaban J connectivity index is 2.03. The second kappa shape index (κ2) is 6.64. The Hall–Kier alpha value is -1.71. The quantitative estimate of drug-likeness (QED) is 0.849. The number of methoxy groups -OCH3 is 2. The molecule has 0 bridgehead atoms. The molecule has 110 valence electrons. The van der Waals surface area contributed by atoms with Gasteiger partial charge in [0.1, 0.15) is 0 Å². The number of carbonyl (C=O) groups excluding carboxylic acids is 1. The largest absolute Gasteiger partial charge is 0.493 e. The molecule has 1 aliphatic heterocycles. The van der Waals surface area contributed by atoms with E-state index >= 15 is 0 Å². The molecule has 0 aromatic heterocycles. The van der Waals surface area contributed by atoms with Crippen LogP contribution < -0.4 is 9.47 Å². The second-order valence-corrected chi connectivity index (χ2v) is 5.45. The van der Waals surface area contributed by atoms with Crippen LogP contribution in [0.1, 0.15) is 25.3 Å². The molecule has 0 radical (unpaired) electrons. The average Bonchev–Trinajstić information content (AvgIpc) is 2.47. The zero-order valence-electron chi connectivity index (χ0n) is 12.5. The van der Waals surface area contributed by atoms with Crippen LogP contribution in [0.25, 0.3) is 0 Å². The van der Waals surface area contributed by atoms with Crippen LogP contribution in [0.4, 0.5) is 0 Å². The van der Waals surface area contributed by atoms with Crippen molar-refractivity contribution in [1.82, 2.24) is 4.90 Å². The summed E-state index contributed by atoms with van der Waals surface area (Å²) < 4.78 is 10.5. The van der Waals surface area contributed by atoms with Gasteiger partial charge in [-0.2, -0.15) is 0 Å². The molecule has 1 amide bonds. The van der Waals surface area contributed by atoms with Crippen molar-refractivity contribution in [3.05, 3.63) is 23.8 Å². The van der Waals surface area contributed by atoms with Crippen LogP contribution >= 0.6 is 0 Å². The van der Waals surface area contributed by atoms with E-state index in [4.69, 9.17) is 9.47 Å². The summed E-state index contributed by atoms with van der Waals surface area (Å²) >= 11 is 0. The van der Waals surface area contributed by atoms with Gasteiger partial charge in [0.25, 0.3) is 0 Å². The van der Waals surface area contributed by atoms with Crippen LogP contribution in [0.2, 0.25) is 0 Å². The van der Waals surface area contributed by atoms with Crippen molar-refractivity contribution in [2.45, 2.75) is 26.2 Å². The first-order valence-corrected chi connectivity index (χ1v) is 7.12. The zero-order valence-corrected chi connectivity index (χ0v) is 12.5. The lowest BCUT2D eigenvalue weighted by Gasteiger charge is -2.31. The van der Waals surface area contributed by atoms with Gasteiger partial charge in [-0.15, -0.1) is 0 Å². The SMILES string of the molecule is COc1ccc(CC(=O)N2CCCC(C)C2)cc1OC. The molecule has 20 heavy (non-hydrogen) atoms. The summed E-state index contributed by atoms with van der Waals surface area (Å²) in [5.74, 6) is 2.17. The summed E-state index contributed by atoms with van der Waals surface area (Å²) in [6.07, 6.45) is 2.76. The third-order valence-corrected chi connectivity index (χ3v) is 3.81. The fourth-order valence-electron chi connectivity index (χ4n) is 2.69. The van der Waals surface area contributed by atoms with Gasteiger partial charge in [0.2, 0.25) is 5.91 Å². The molecule has 0 spiro atoms. The van der Waals surface area contributed by atoms with Crippen molar-refractivity contribution in [2.24, 2.45) is 5.92 Å². The van der Waals surface area contributed by atoms with Crippen molar-refractivity contribution in [1.29, 1.82) is 0 Å². The number of amides is 1. The van der Waals surface area contributed by atoms with Gasteiger partial charge in [-0.1, -0.05) is 13.0 Å². The fourth-order valence-corrected chi connectivity index (χ4v) is 2.69. The topological polar surface area (TPSA) is 38.8 Å². The molecule has 0 saturated carbocycles. The van der Waals surface area contributed by atoms with E-state index in [0.29, 0.717) is 23.8 Å². The highest BCUT2D eigenvalue weighted by Crippen LogP contribution is 2.28. The number of nitrogens with zero attached hydrogens (tertiary/aromatic N) is 1. The molecule has 1 unspecified atom stereocenters. The first kappa shape index (κ1) is 14.7. The second-order valence-electron chi connectivity index (χ2n) is 5.45. The van der Waals surface area contributed by atoms with Crippen LogP contribution in [0.15, 0.2) is 18.2 Å². The molecule has 1 aromatic rings. The smallest absolute Gasteiger partial charge is 0.227 e. The van der Waals surface area contributed by atoms with Crippen LogP contribution in [-0.2, 0) is 11.2 Å².